The third-order valence-corrected chi connectivity index (χ3v) is 6.40. The molecule has 2 fully saturated rings. The van der Waals surface area contributed by atoms with E-state index >= 15 is 0 Å². The van der Waals surface area contributed by atoms with Gasteiger partial charge in [-0.1, -0.05) is 11.6 Å². The minimum absolute atomic E-state index is 0.103. The van der Waals surface area contributed by atoms with Crippen molar-refractivity contribution in [2.24, 2.45) is 0 Å². The Morgan fingerprint density at radius 2 is 2.03 bits per heavy atom. The zero-order chi connectivity index (χ0) is 22.5. The fourth-order valence-electron chi connectivity index (χ4n) is 4.25. The minimum Gasteiger partial charge on any atom is -0.385 e. The quantitative estimate of drug-likeness (QED) is 0.482. The number of piperidine rings is 1. The second kappa shape index (κ2) is 10.5. The Balaban J connectivity index is 1.62. The van der Waals surface area contributed by atoms with Crippen molar-refractivity contribution in [2.75, 3.05) is 26.8 Å². The van der Waals surface area contributed by atoms with Crippen molar-refractivity contribution < 1.29 is 14.3 Å². The van der Waals surface area contributed by atoms with Crippen molar-refractivity contribution in [1.82, 2.24) is 20.2 Å². The number of carbonyl (C=O) groups excluding carboxylic acids is 2. The molecule has 32 heavy (non-hydrogen) atoms. The molecule has 4 rings (SSSR count). The van der Waals surface area contributed by atoms with E-state index in [1.54, 1.807) is 25.6 Å². The lowest BCUT2D eigenvalue weighted by Gasteiger charge is -2.27. The van der Waals surface area contributed by atoms with Crippen LogP contribution in [0.15, 0.2) is 30.7 Å². The lowest BCUT2D eigenvalue weighted by atomic mass is 9.89. The molecule has 3 heterocycles. The van der Waals surface area contributed by atoms with Crippen molar-refractivity contribution in [2.45, 2.75) is 50.5 Å². The molecule has 0 aromatic carbocycles. The van der Waals surface area contributed by atoms with Crippen molar-refractivity contribution >= 4 is 23.4 Å². The van der Waals surface area contributed by atoms with Gasteiger partial charge in [0.1, 0.15) is 0 Å². The van der Waals surface area contributed by atoms with Crippen LogP contribution in [0.5, 0.6) is 0 Å². The van der Waals surface area contributed by atoms with E-state index in [9.17, 15) is 9.59 Å². The smallest absolute Gasteiger partial charge is 0.262 e. The molecule has 1 aliphatic carbocycles. The Kier molecular flexibility index (Phi) is 7.50. The Morgan fingerprint density at radius 3 is 2.75 bits per heavy atom. The number of methoxy groups -OCH3 is 1. The van der Waals surface area contributed by atoms with Crippen LogP contribution in [-0.2, 0) is 11.2 Å². The van der Waals surface area contributed by atoms with Gasteiger partial charge in [0.25, 0.3) is 11.8 Å². The van der Waals surface area contributed by atoms with Gasteiger partial charge in [-0.05, 0) is 68.7 Å². The number of nitrogens with one attached hydrogen (secondary N) is 1. The Hall–Kier alpha value is -2.35. The van der Waals surface area contributed by atoms with Crippen LogP contribution < -0.4 is 5.32 Å². The summed E-state index contributed by atoms with van der Waals surface area (Å²) >= 11 is 6.36. The predicted molar refractivity (Wildman–Crippen MR) is 122 cm³/mol. The first kappa shape index (κ1) is 22.8. The standard InChI is InChI=1S/C24H29ClN4O3/c1-32-11-3-5-17-12-20(22(25)15-28-17)23(30)29(18-6-7-18)24(31)21-14-27-10-8-19(21)16-4-2-9-26-13-16/h8,10,12,14-16,18,26H,2-7,9,11,13H2,1H3. The SMILES string of the molecule is COCCCc1cc(C(=O)N(C(=O)c2cnccc2C2CCCNC2)C2CC2)c(Cl)cn1. The molecule has 170 valence electrons. The number of aryl methyl sites for hydroxylation is 1. The Morgan fingerprint density at radius 1 is 1.22 bits per heavy atom. The summed E-state index contributed by atoms with van der Waals surface area (Å²) in [7, 11) is 1.65. The number of carbonyl (C=O) groups is 2. The lowest BCUT2D eigenvalue weighted by Crippen LogP contribution is -2.40. The molecule has 2 aromatic rings. The van der Waals surface area contributed by atoms with Crippen molar-refractivity contribution in [3.63, 3.8) is 0 Å². The number of hydrogen-bond donors (Lipinski definition) is 1. The van der Waals surface area contributed by atoms with E-state index in [4.69, 9.17) is 16.3 Å². The Labute approximate surface area is 193 Å². The average Bonchev–Trinajstić information content (AvgIpc) is 3.66. The van der Waals surface area contributed by atoms with E-state index < -0.39 is 0 Å². The summed E-state index contributed by atoms with van der Waals surface area (Å²) in [5.74, 6) is -0.423. The number of aromatic nitrogens is 2. The molecule has 1 aliphatic heterocycles. The molecule has 2 aliphatic rings. The van der Waals surface area contributed by atoms with E-state index in [0.717, 1.165) is 56.5 Å². The third kappa shape index (κ3) is 5.17. The fourth-order valence-corrected chi connectivity index (χ4v) is 4.44. The number of imide groups is 1. The molecule has 1 saturated heterocycles. The van der Waals surface area contributed by atoms with Crippen LogP contribution in [-0.4, -0.2) is 59.5 Å². The van der Waals surface area contributed by atoms with Crippen LogP contribution >= 0.6 is 11.6 Å². The summed E-state index contributed by atoms with van der Waals surface area (Å²) in [4.78, 5) is 37.2. The first-order chi connectivity index (χ1) is 15.6. The maximum absolute atomic E-state index is 13.7. The molecule has 0 spiro atoms. The van der Waals surface area contributed by atoms with Gasteiger partial charge in [-0.3, -0.25) is 24.5 Å². The molecule has 1 N–H and O–H groups in total. The van der Waals surface area contributed by atoms with Gasteiger partial charge in [-0.25, -0.2) is 0 Å². The molecule has 8 heteroatoms. The van der Waals surface area contributed by atoms with Gasteiger partial charge in [0, 0.05) is 50.6 Å². The van der Waals surface area contributed by atoms with Crippen molar-refractivity contribution in [1.29, 1.82) is 0 Å². The second-order valence-electron chi connectivity index (χ2n) is 8.47. The molecule has 0 radical (unpaired) electrons. The summed E-state index contributed by atoms with van der Waals surface area (Å²) in [6.45, 7) is 2.42. The highest BCUT2D eigenvalue weighted by Gasteiger charge is 2.40. The summed E-state index contributed by atoms with van der Waals surface area (Å²) in [6, 6.07) is 3.51. The highest BCUT2D eigenvalue weighted by molar-refractivity contribution is 6.34. The molecule has 1 saturated carbocycles. The van der Waals surface area contributed by atoms with Gasteiger partial charge in [-0.15, -0.1) is 0 Å². The molecular weight excluding hydrogens is 428 g/mol. The monoisotopic (exact) mass is 456 g/mol. The van der Waals surface area contributed by atoms with Crippen LogP contribution in [0.4, 0.5) is 0 Å². The first-order valence-corrected chi connectivity index (χ1v) is 11.6. The van der Waals surface area contributed by atoms with E-state index in [1.165, 1.54) is 11.1 Å². The average molecular weight is 457 g/mol. The first-order valence-electron chi connectivity index (χ1n) is 11.3. The number of hydrogen-bond acceptors (Lipinski definition) is 6. The third-order valence-electron chi connectivity index (χ3n) is 6.10. The highest BCUT2D eigenvalue weighted by Crippen LogP contribution is 2.33. The molecule has 7 nitrogen and oxygen atoms in total. The zero-order valence-electron chi connectivity index (χ0n) is 18.3. The molecule has 2 amide bonds. The van der Waals surface area contributed by atoms with Crippen LogP contribution in [0.2, 0.25) is 5.02 Å². The van der Waals surface area contributed by atoms with Gasteiger partial charge in [0.2, 0.25) is 0 Å². The summed E-state index contributed by atoms with van der Waals surface area (Å²) < 4.78 is 5.10. The second-order valence-corrected chi connectivity index (χ2v) is 8.88. The number of nitrogens with zero attached hydrogens (tertiary/aromatic N) is 3. The normalized spacial score (nSPS) is 18.4. The molecule has 2 aromatic heterocycles. The molecular formula is C24H29ClN4O3. The van der Waals surface area contributed by atoms with E-state index in [0.29, 0.717) is 24.2 Å². The largest absolute Gasteiger partial charge is 0.385 e. The maximum atomic E-state index is 13.7. The van der Waals surface area contributed by atoms with E-state index in [1.807, 2.05) is 6.07 Å². The number of rotatable bonds is 8. The van der Waals surface area contributed by atoms with Gasteiger partial charge in [0.15, 0.2) is 0 Å². The summed E-state index contributed by atoms with van der Waals surface area (Å²) in [5, 5.41) is 3.66. The van der Waals surface area contributed by atoms with E-state index in [2.05, 4.69) is 15.3 Å². The molecule has 0 bridgehead atoms. The lowest BCUT2D eigenvalue weighted by molar-refractivity contribution is 0.0602. The number of halogens is 1. The van der Waals surface area contributed by atoms with Crippen molar-refractivity contribution in [3.05, 3.63) is 58.1 Å². The minimum atomic E-state index is -0.366. The Bertz CT molecular complexity index is 973. The predicted octanol–water partition coefficient (Wildman–Crippen LogP) is 3.62. The fraction of sp³-hybridized carbons (Fsp3) is 0.500. The van der Waals surface area contributed by atoms with Gasteiger partial charge in [0.05, 0.1) is 16.1 Å². The van der Waals surface area contributed by atoms with Crippen LogP contribution in [0.1, 0.15) is 70.0 Å². The van der Waals surface area contributed by atoms with E-state index in [-0.39, 0.29) is 28.8 Å². The van der Waals surface area contributed by atoms with Gasteiger partial charge >= 0.3 is 0 Å². The van der Waals surface area contributed by atoms with Crippen molar-refractivity contribution in [3.8, 4) is 0 Å². The van der Waals surface area contributed by atoms with Crippen LogP contribution in [0, 0.1) is 0 Å². The van der Waals surface area contributed by atoms with Gasteiger partial charge in [-0.2, -0.15) is 0 Å². The molecule has 1 atom stereocenters. The number of ether oxygens (including phenoxy) is 1. The zero-order valence-corrected chi connectivity index (χ0v) is 19.1. The van der Waals surface area contributed by atoms with Gasteiger partial charge < -0.3 is 10.1 Å². The van der Waals surface area contributed by atoms with Crippen LogP contribution in [0.3, 0.4) is 0 Å². The highest BCUT2D eigenvalue weighted by atomic mass is 35.5. The maximum Gasteiger partial charge on any atom is 0.262 e. The van der Waals surface area contributed by atoms with Crippen LogP contribution in [0.25, 0.3) is 0 Å². The number of amides is 2. The summed E-state index contributed by atoms with van der Waals surface area (Å²) in [5.41, 5.74) is 2.54. The molecule has 1 unspecified atom stereocenters. The number of pyridine rings is 2. The summed E-state index contributed by atoms with van der Waals surface area (Å²) in [6.07, 6.45) is 9.95. The topological polar surface area (TPSA) is 84.4 Å².